The number of ether oxygens (including phenoxy) is 2. The van der Waals surface area contributed by atoms with E-state index in [2.05, 4.69) is 6.92 Å². The Kier molecular flexibility index (Phi) is 5.84. The Labute approximate surface area is 150 Å². The highest BCUT2D eigenvalue weighted by Gasteiger charge is 2.26. The van der Waals surface area contributed by atoms with Gasteiger partial charge in [-0.15, -0.1) is 0 Å². The van der Waals surface area contributed by atoms with Crippen molar-refractivity contribution in [3.8, 4) is 11.5 Å². The molecule has 1 amide bonds. The fraction of sp³-hybridized carbons (Fsp3) is 0.650. The first-order chi connectivity index (χ1) is 12.1. The fourth-order valence-electron chi connectivity index (χ4n) is 3.89. The number of carbonyl (C=O) groups is 1. The van der Waals surface area contributed by atoms with E-state index in [0.29, 0.717) is 17.2 Å². The SMILES string of the molecule is COc1cc(C(=O)N2CCC(C(C)N)CC2)ccc1OC1CCCC1. The predicted octanol–water partition coefficient (Wildman–Crippen LogP) is 3.22. The Morgan fingerprint density at radius 1 is 1.16 bits per heavy atom. The second-order valence-corrected chi connectivity index (χ2v) is 7.38. The van der Waals surface area contributed by atoms with Gasteiger partial charge in [0.1, 0.15) is 0 Å². The molecule has 0 aromatic heterocycles. The summed E-state index contributed by atoms with van der Waals surface area (Å²) in [7, 11) is 1.62. The number of piperidine rings is 1. The van der Waals surface area contributed by atoms with Crippen molar-refractivity contribution in [1.29, 1.82) is 0 Å². The van der Waals surface area contributed by atoms with Gasteiger partial charge in [0.15, 0.2) is 11.5 Å². The molecule has 138 valence electrons. The maximum Gasteiger partial charge on any atom is 0.253 e. The van der Waals surface area contributed by atoms with Crippen LogP contribution in [0.2, 0.25) is 0 Å². The molecule has 2 aliphatic rings. The minimum Gasteiger partial charge on any atom is -0.493 e. The van der Waals surface area contributed by atoms with E-state index < -0.39 is 0 Å². The number of hydrogen-bond acceptors (Lipinski definition) is 4. The molecule has 1 saturated carbocycles. The van der Waals surface area contributed by atoms with Crippen molar-refractivity contribution < 1.29 is 14.3 Å². The maximum absolute atomic E-state index is 12.8. The van der Waals surface area contributed by atoms with Crippen LogP contribution in [0.15, 0.2) is 18.2 Å². The first-order valence-corrected chi connectivity index (χ1v) is 9.48. The lowest BCUT2D eigenvalue weighted by Crippen LogP contribution is -2.42. The molecule has 1 heterocycles. The Bertz CT molecular complexity index is 589. The molecule has 5 nitrogen and oxygen atoms in total. The molecular weight excluding hydrogens is 316 g/mol. The minimum absolute atomic E-state index is 0.0637. The van der Waals surface area contributed by atoms with Gasteiger partial charge >= 0.3 is 0 Å². The summed E-state index contributed by atoms with van der Waals surface area (Å²) in [4.78, 5) is 14.7. The van der Waals surface area contributed by atoms with Crippen molar-refractivity contribution in [2.75, 3.05) is 20.2 Å². The molecule has 3 rings (SSSR count). The van der Waals surface area contributed by atoms with Crippen molar-refractivity contribution in [3.63, 3.8) is 0 Å². The Morgan fingerprint density at radius 3 is 2.44 bits per heavy atom. The molecule has 1 unspecified atom stereocenters. The summed E-state index contributed by atoms with van der Waals surface area (Å²) < 4.78 is 11.5. The summed E-state index contributed by atoms with van der Waals surface area (Å²) in [5.74, 6) is 1.96. The van der Waals surface area contributed by atoms with E-state index in [1.165, 1.54) is 12.8 Å². The van der Waals surface area contributed by atoms with Crippen molar-refractivity contribution in [3.05, 3.63) is 23.8 Å². The predicted molar refractivity (Wildman–Crippen MR) is 98.2 cm³/mol. The average molecular weight is 346 g/mol. The smallest absolute Gasteiger partial charge is 0.253 e. The number of likely N-dealkylation sites (tertiary alicyclic amines) is 1. The van der Waals surface area contributed by atoms with Crippen LogP contribution in [0.5, 0.6) is 11.5 Å². The van der Waals surface area contributed by atoms with Crippen LogP contribution in [0.1, 0.15) is 55.8 Å². The van der Waals surface area contributed by atoms with Gasteiger partial charge in [-0.25, -0.2) is 0 Å². The van der Waals surface area contributed by atoms with E-state index in [1.54, 1.807) is 7.11 Å². The van der Waals surface area contributed by atoms with Gasteiger partial charge in [0.25, 0.3) is 5.91 Å². The van der Waals surface area contributed by atoms with Crippen LogP contribution in [0.3, 0.4) is 0 Å². The van der Waals surface area contributed by atoms with Gasteiger partial charge in [-0.3, -0.25) is 4.79 Å². The van der Waals surface area contributed by atoms with Crippen LogP contribution in [0.4, 0.5) is 0 Å². The third kappa shape index (κ3) is 4.27. The fourth-order valence-corrected chi connectivity index (χ4v) is 3.89. The standard InChI is InChI=1S/C20H30N2O3/c1-14(21)15-9-11-22(12-10-15)20(23)16-7-8-18(19(13-16)24-2)25-17-5-3-4-6-17/h7-8,13-15,17H,3-6,9-12,21H2,1-2H3. The van der Waals surface area contributed by atoms with Gasteiger partial charge in [0.05, 0.1) is 13.2 Å². The van der Waals surface area contributed by atoms with Crippen molar-refractivity contribution in [1.82, 2.24) is 4.90 Å². The number of nitrogens with zero attached hydrogens (tertiary/aromatic N) is 1. The lowest BCUT2D eigenvalue weighted by molar-refractivity contribution is 0.0680. The maximum atomic E-state index is 12.8. The quantitative estimate of drug-likeness (QED) is 0.889. The number of nitrogens with two attached hydrogens (primary N) is 1. The third-order valence-corrected chi connectivity index (χ3v) is 5.58. The van der Waals surface area contributed by atoms with Crippen LogP contribution in [-0.4, -0.2) is 43.2 Å². The highest BCUT2D eigenvalue weighted by molar-refractivity contribution is 5.95. The number of hydrogen-bond donors (Lipinski definition) is 1. The molecule has 1 saturated heterocycles. The number of carbonyl (C=O) groups excluding carboxylic acids is 1. The van der Waals surface area contributed by atoms with Gasteiger partial charge in [-0.2, -0.15) is 0 Å². The van der Waals surface area contributed by atoms with Crippen LogP contribution in [-0.2, 0) is 0 Å². The number of methoxy groups -OCH3 is 1. The van der Waals surface area contributed by atoms with Crippen molar-refractivity contribution >= 4 is 5.91 Å². The number of amides is 1. The Balaban J connectivity index is 1.66. The van der Waals surface area contributed by atoms with Crippen molar-refractivity contribution in [2.24, 2.45) is 11.7 Å². The summed E-state index contributed by atoms with van der Waals surface area (Å²) in [6.45, 7) is 3.59. The van der Waals surface area contributed by atoms with Gasteiger partial charge in [0, 0.05) is 24.7 Å². The first kappa shape index (κ1) is 18.1. The van der Waals surface area contributed by atoms with E-state index in [4.69, 9.17) is 15.2 Å². The molecule has 2 N–H and O–H groups in total. The lowest BCUT2D eigenvalue weighted by atomic mass is 9.90. The molecule has 2 fully saturated rings. The second-order valence-electron chi connectivity index (χ2n) is 7.38. The highest BCUT2D eigenvalue weighted by Crippen LogP contribution is 2.33. The van der Waals surface area contributed by atoms with Crippen LogP contribution in [0.25, 0.3) is 0 Å². The first-order valence-electron chi connectivity index (χ1n) is 9.48. The topological polar surface area (TPSA) is 64.8 Å². The third-order valence-electron chi connectivity index (χ3n) is 5.58. The zero-order chi connectivity index (χ0) is 17.8. The largest absolute Gasteiger partial charge is 0.493 e. The van der Waals surface area contributed by atoms with Gasteiger partial charge < -0.3 is 20.1 Å². The van der Waals surface area contributed by atoms with Gasteiger partial charge in [-0.05, 0) is 69.6 Å². The molecule has 0 spiro atoms. The van der Waals surface area contributed by atoms with Crippen LogP contribution < -0.4 is 15.2 Å². The number of benzene rings is 1. The van der Waals surface area contributed by atoms with Gasteiger partial charge in [-0.1, -0.05) is 0 Å². The van der Waals surface area contributed by atoms with E-state index in [1.807, 2.05) is 23.1 Å². The molecule has 1 aromatic carbocycles. The van der Waals surface area contributed by atoms with E-state index in [-0.39, 0.29) is 18.1 Å². The number of rotatable bonds is 5. The van der Waals surface area contributed by atoms with Crippen molar-refractivity contribution in [2.45, 2.75) is 57.6 Å². The average Bonchev–Trinajstić information content (AvgIpc) is 3.14. The molecule has 25 heavy (non-hydrogen) atoms. The van der Waals surface area contributed by atoms with E-state index in [0.717, 1.165) is 44.5 Å². The second kappa shape index (κ2) is 8.09. The summed E-state index contributed by atoms with van der Waals surface area (Å²) in [5.41, 5.74) is 6.65. The summed E-state index contributed by atoms with van der Waals surface area (Å²) >= 11 is 0. The normalized spacial score (nSPS) is 20.5. The monoisotopic (exact) mass is 346 g/mol. The summed E-state index contributed by atoms with van der Waals surface area (Å²) in [6, 6.07) is 5.74. The van der Waals surface area contributed by atoms with Crippen LogP contribution in [0, 0.1) is 5.92 Å². The molecule has 1 atom stereocenters. The molecule has 0 radical (unpaired) electrons. The summed E-state index contributed by atoms with van der Waals surface area (Å²) in [6.07, 6.45) is 6.86. The Hall–Kier alpha value is -1.75. The molecule has 1 aromatic rings. The highest BCUT2D eigenvalue weighted by atomic mass is 16.5. The van der Waals surface area contributed by atoms with Gasteiger partial charge in [0.2, 0.25) is 0 Å². The molecule has 1 aliphatic heterocycles. The lowest BCUT2D eigenvalue weighted by Gasteiger charge is -2.33. The minimum atomic E-state index is 0.0637. The molecular formula is C20H30N2O3. The summed E-state index contributed by atoms with van der Waals surface area (Å²) in [5, 5.41) is 0. The molecule has 0 bridgehead atoms. The molecule has 5 heteroatoms. The Morgan fingerprint density at radius 2 is 1.84 bits per heavy atom. The zero-order valence-corrected chi connectivity index (χ0v) is 15.4. The molecule has 1 aliphatic carbocycles. The van der Waals surface area contributed by atoms with Crippen LogP contribution >= 0.6 is 0 Å². The van der Waals surface area contributed by atoms with E-state index >= 15 is 0 Å². The van der Waals surface area contributed by atoms with E-state index in [9.17, 15) is 4.79 Å². The zero-order valence-electron chi connectivity index (χ0n) is 15.4.